The van der Waals surface area contributed by atoms with E-state index in [1.165, 1.54) is 315 Å². The lowest BCUT2D eigenvalue weighted by Crippen LogP contribution is -2.30. The van der Waals surface area contributed by atoms with Crippen LogP contribution in [0.5, 0.6) is 0 Å². The molecule has 488 valence electrons. The van der Waals surface area contributed by atoms with E-state index < -0.39 is 6.10 Å². The van der Waals surface area contributed by atoms with Gasteiger partial charge in [-0.3, -0.25) is 14.4 Å². The molecular weight excluding hydrogens is 1020 g/mol. The fourth-order valence-corrected chi connectivity index (χ4v) is 11.4. The van der Waals surface area contributed by atoms with Crippen LogP contribution in [0.1, 0.15) is 419 Å². The molecule has 0 fully saturated rings. The van der Waals surface area contributed by atoms with Crippen LogP contribution in [0.2, 0.25) is 0 Å². The van der Waals surface area contributed by atoms with Gasteiger partial charge in [0.15, 0.2) is 6.10 Å². The van der Waals surface area contributed by atoms with E-state index in [0.29, 0.717) is 19.3 Å². The van der Waals surface area contributed by atoms with Crippen molar-refractivity contribution in [3.05, 3.63) is 36.5 Å². The monoisotopic (exact) mass is 1170 g/mol. The van der Waals surface area contributed by atoms with Crippen LogP contribution in [-0.2, 0) is 28.6 Å². The third kappa shape index (κ3) is 70.3. The Hall–Kier alpha value is -2.37. The third-order valence-corrected chi connectivity index (χ3v) is 17.1. The number of carbonyl (C=O) groups is 3. The Bertz CT molecular complexity index is 1380. The first-order valence-corrected chi connectivity index (χ1v) is 37.5. The first-order valence-electron chi connectivity index (χ1n) is 37.5. The molecule has 0 aromatic heterocycles. The van der Waals surface area contributed by atoms with Crippen molar-refractivity contribution >= 4 is 17.9 Å². The van der Waals surface area contributed by atoms with E-state index in [4.69, 9.17) is 14.2 Å². The average Bonchev–Trinajstić information content (AvgIpc) is 3.50. The summed E-state index contributed by atoms with van der Waals surface area (Å²) in [6, 6.07) is 0. The molecule has 0 rings (SSSR count). The molecule has 1 atom stereocenters. The van der Waals surface area contributed by atoms with E-state index in [1.807, 2.05) is 0 Å². The summed E-state index contributed by atoms with van der Waals surface area (Å²) >= 11 is 0. The Labute approximate surface area is 518 Å². The van der Waals surface area contributed by atoms with E-state index >= 15 is 0 Å². The lowest BCUT2D eigenvalue weighted by molar-refractivity contribution is -0.167. The van der Waals surface area contributed by atoms with Crippen molar-refractivity contribution in [2.45, 2.75) is 425 Å². The lowest BCUT2D eigenvalue weighted by atomic mass is 10.0. The standard InChI is InChI=1S/C77H144O6/c1-4-7-10-13-16-19-22-25-28-31-33-34-35-36-37-38-39-40-41-42-43-44-45-47-49-52-55-58-61-64-67-70-76(79)82-73-74(72-81-75(78)69-66-63-60-57-54-51-48-30-27-24-21-18-15-12-9-6-3)83-77(80)71-68-65-62-59-56-53-50-46-32-29-26-23-20-17-14-11-8-5-2/h29-33,48,74H,4-28,34-47,49-73H2,1-3H3/b32-29-,33-31-,48-30-. The molecule has 0 amide bonds. The van der Waals surface area contributed by atoms with Gasteiger partial charge in [0.1, 0.15) is 13.2 Å². The minimum absolute atomic E-state index is 0.0717. The van der Waals surface area contributed by atoms with Gasteiger partial charge in [-0.15, -0.1) is 0 Å². The molecule has 6 nitrogen and oxygen atoms in total. The minimum atomic E-state index is -0.777. The number of ether oxygens (including phenoxy) is 3. The Morgan fingerprint density at radius 2 is 0.398 bits per heavy atom. The van der Waals surface area contributed by atoms with E-state index in [1.54, 1.807) is 0 Å². The number of allylic oxidation sites excluding steroid dienone is 6. The predicted molar refractivity (Wildman–Crippen MR) is 362 cm³/mol. The molecule has 0 radical (unpaired) electrons. The second-order valence-corrected chi connectivity index (χ2v) is 25.6. The maximum absolute atomic E-state index is 13.0. The van der Waals surface area contributed by atoms with Crippen molar-refractivity contribution in [1.29, 1.82) is 0 Å². The number of hydrogen-bond donors (Lipinski definition) is 0. The number of esters is 3. The van der Waals surface area contributed by atoms with Crippen LogP contribution >= 0.6 is 0 Å². The van der Waals surface area contributed by atoms with Crippen molar-refractivity contribution in [3.8, 4) is 0 Å². The summed E-state index contributed by atoms with van der Waals surface area (Å²) in [6.07, 6.45) is 90.5. The highest BCUT2D eigenvalue weighted by atomic mass is 16.6. The largest absolute Gasteiger partial charge is 0.462 e. The van der Waals surface area contributed by atoms with Crippen molar-refractivity contribution in [2.75, 3.05) is 13.2 Å². The maximum Gasteiger partial charge on any atom is 0.306 e. The van der Waals surface area contributed by atoms with Gasteiger partial charge in [0, 0.05) is 19.3 Å². The van der Waals surface area contributed by atoms with Gasteiger partial charge in [-0.05, 0) is 96.3 Å². The van der Waals surface area contributed by atoms with Gasteiger partial charge in [-0.1, -0.05) is 340 Å². The Kier molecular flexibility index (Phi) is 70.0. The summed E-state index contributed by atoms with van der Waals surface area (Å²) in [4.78, 5) is 38.5. The SMILES string of the molecule is CCCCCCCCC/C=C\CCCCCCCCCC(=O)OC(COC(=O)CCCCCCC/C=C\CCCCCCCCC)COC(=O)CCCCCCCCCCCCCCCCCCCCC/C=C\CCCCCCCCCC. The quantitative estimate of drug-likeness (QED) is 0.0261. The zero-order valence-corrected chi connectivity index (χ0v) is 56.2. The van der Waals surface area contributed by atoms with E-state index in [-0.39, 0.29) is 31.1 Å². The van der Waals surface area contributed by atoms with E-state index in [9.17, 15) is 14.4 Å². The first kappa shape index (κ1) is 80.6. The van der Waals surface area contributed by atoms with Crippen LogP contribution in [0.3, 0.4) is 0 Å². The molecule has 0 spiro atoms. The van der Waals surface area contributed by atoms with Gasteiger partial charge >= 0.3 is 17.9 Å². The summed E-state index contributed by atoms with van der Waals surface area (Å²) in [7, 11) is 0. The van der Waals surface area contributed by atoms with Crippen LogP contribution in [-0.4, -0.2) is 37.2 Å². The molecule has 0 heterocycles. The molecular formula is C77H144O6. The van der Waals surface area contributed by atoms with Crippen LogP contribution in [0, 0.1) is 0 Å². The van der Waals surface area contributed by atoms with Gasteiger partial charge in [0.2, 0.25) is 0 Å². The van der Waals surface area contributed by atoms with Crippen molar-refractivity contribution in [2.24, 2.45) is 0 Å². The second kappa shape index (κ2) is 72.1. The molecule has 0 saturated carbocycles. The maximum atomic E-state index is 13.0. The second-order valence-electron chi connectivity index (χ2n) is 25.6. The van der Waals surface area contributed by atoms with Gasteiger partial charge in [-0.25, -0.2) is 0 Å². The molecule has 0 aliphatic carbocycles. The molecule has 0 aliphatic heterocycles. The highest BCUT2D eigenvalue weighted by molar-refractivity contribution is 5.71. The summed E-state index contributed by atoms with van der Waals surface area (Å²) < 4.78 is 17.0. The highest BCUT2D eigenvalue weighted by Crippen LogP contribution is 2.19. The van der Waals surface area contributed by atoms with Crippen molar-refractivity contribution in [3.63, 3.8) is 0 Å². The van der Waals surface area contributed by atoms with Crippen molar-refractivity contribution in [1.82, 2.24) is 0 Å². The van der Waals surface area contributed by atoms with Gasteiger partial charge < -0.3 is 14.2 Å². The number of unbranched alkanes of at least 4 members (excludes halogenated alkanes) is 53. The van der Waals surface area contributed by atoms with Crippen molar-refractivity contribution < 1.29 is 28.6 Å². The van der Waals surface area contributed by atoms with Crippen LogP contribution in [0.4, 0.5) is 0 Å². The van der Waals surface area contributed by atoms with Crippen LogP contribution in [0.25, 0.3) is 0 Å². The summed E-state index contributed by atoms with van der Waals surface area (Å²) in [6.45, 7) is 6.70. The molecule has 0 bridgehead atoms. The summed E-state index contributed by atoms with van der Waals surface area (Å²) in [5.74, 6) is -0.855. The average molecular weight is 1170 g/mol. The van der Waals surface area contributed by atoms with E-state index in [0.717, 1.165) is 64.2 Å². The molecule has 83 heavy (non-hydrogen) atoms. The van der Waals surface area contributed by atoms with Crippen LogP contribution < -0.4 is 0 Å². The highest BCUT2D eigenvalue weighted by Gasteiger charge is 2.20. The molecule has 1 unspecified atom stereocenters. The molecule has 0 aromatic rings. The fourth-order valence-electron chi connectivity index (χ4n) is 11.4. The number of rotatable bonds is 70. The third-order valence-electron chi connectivity index (χ3n) is 17.1. The predicted octanol–water partition coefficient (Wildman–Crippen LogP) is 25.9. The zero-order valence-electron chi connectivity index (χ0n) is 56.2. The van der Waals surface area contributed by atoms with Gasteiger partial charge in [-0.2, -0.15) is 0 Å². The smallest absolute Gasteiger partial charge is 0.306 e. The molecule has 0 aromatic carbocycles. The van der Waals surface area contributed by atoms with E-state index in [2.05, 4.69) is 57.2 Å². The topological polar surface area (TPSA) is 78.9 Å². The normalized spacial score (nSPS) is 12.2. The van der Waals surface area contributed by atoms with Gasteiger partial charge in [0.25, 0.3) is 0 Å². The Morgan fingerprint density at radius 3 is 0.602 bits per heavy atom. The first-order chi connectivity index (χ1) is 41.0. The zero-order chi connectivity index (χ0) is 59.9. The Morgan fingerprint density at radius 1 is 0.229 bits per heavy atom. The minimum Gasteiger partial charge on any atom is -0.462 e. The summed E-state index contributed by atoms with van der Waals surface area (Å²) in [5, 5.41) is 0. The molecule has 0 N–H and O–H groups in total. The summed E-state index contributed by atoms with van der Waals surface area (Å²) in [5.41, 5.74) is 0. The number of carbonyl (C=O) groups excluding carboxylic acids is 3. The molecule has 0 saturated heterocycles. The Balaban J connectivity index is 4.19. The van der Waals surface area contributed by atoms with Crippen LogP contribution in [0.15, 0.2) is 36.5 Å². The van der Waals surface area contributed by atoms with Gasteiger partial charge in [0.05, 0.1) is 0 Å². The molecule has 6 heteroatoms. The number of hydrogen-bond acceptors (Lipinski definition) is 6. The fraction of sp³-hybridized carbons (Fsp3) is 0.883. The lowest BCUT2D eigenvalue weighted by Gasteiger charge is -2.18. The molecule has 0 aliphatic rings.